The van der Waals surface area contributed by atoms with Crippen LogP contribution in [0.2, 0.25) is 0 Å². The van der Waals surface area contributed by atoms with Crippen LogP contribution in [0.25, 0.3) is 21.5 Å². The molecule has 0 bridgehead atoms. The van der Waals surface area contributed by atoms with E-state index in [1.165, 1.54) is 49.9 Å². The van der Waals surface area contributed by atoms with Gasteiger partial charge in [0.05, 0.1) is 18.2 Å². The van der Waals surface area contributed by atoms with Crippen LogP contribution in [-0.2, 0) is 6.54 Å². The lowest BCUT2D eigenvalue weighted by atomic mass is 9.78. The van der Waals surface area contributed by atoms with E-state index in [0.717, 1.165) is 41.0 Å². The van der Waals surface area contributed by atoms with Crippen molar-refractivity contribution in [1.29, 1.82) is 0 Å². The minimum atomic E-state index is -0.0603. The van der Waals surface area contributed by atoms with Gasteiger partial charge in [0, 0.05) is 17.0 Å². The SMILES string of the molecule is O=c1[nH]c(CN2CCCC3CCCCC32)nc2scc(-c3ccco3)c12. The van der Waals surface area contributed by atoms with E-state index in [1.807, 2.05) is 17.5 Å². The molecule has 5 rings (SSSR count). The summed E-state index contributed by atoms with van der Waals surface area (Å²) in [7, 11) is 0. The average molecular weight is 369 g/mol. The Labute approximate surface area is 156 Å². The second-order valence-corrected chi connectivity index (χ2v) is 8.40. The number of furan rings is 1. The van der Waals surface area contributed by atoms with Gasteiger partial charge in [0.2, 0.25) is 0 Å². The van der Waals surface area contributed by atoms with Crippen molar-refractivity contribution in [1.82, 2.24) is 14.9 Å². The minimum absolute atomic E-state index is 0.0603. The standard InChI is InChI=1S/C20H23N3O2S/c24-19-18-14(16-8-4-10-25-16)12-26-20(18)22-17(21-19)11-23-9-3-6-13-5-1-2-7-15(13)23/h4,8,10,12-13,15H,1-3,5-7,9,11H2,(H,21,22,24). The van der Waals surface area contributed by atoms with Gasteiger partial charge in [-0.25, -0.2) is 4.98 Å². The quantitative estimate of drug-likeness (QED) is 0.743. The predicted molar refractivity (Wildman–Crippen MR) is 103 cm³/mol. The highest BCUT2D eigenvalue weighted by Crippen LogP contribution is 2.36. The lowest BCUT2D eigenvalue weighted by Gasteiger charge is -2.43. The number of rotatable bonds is 3. The highest BCUT2D eigenvalue weighted by Gasteiger charge is 2.33. The third kappa shape index (κ3) is 2.81. The molecule has 26 heavy (non-hydrogen) atoms. The van der Waals surface area contributed by atoms with Gasteiger partial charge in [-0.1, -0.05) is 12.8 Å². The maximum Gasteiger partial charge on any atom is 0.260 e. The van der Waals surface area contributed by atoms with Gasteiger partial charge >= 0.3 is 0 Å². The Hall–Kier alpha value is -1.92. The van der Waals surface area contributed by atoms with Crippen molar-refractivity contribution in [2.75, 3.05) is 6.54 Å². The van der Waals surface area contributed by atoms with Gasteiger partial charge in [-0.2, -0.15) is 0 Å². The van der Waals surface area contributed by atoms with Crippen molar-refractivity contribution >= 4 is 21.6 Å². The van der Waals surface area contributed by atoms with Crippen LogP contribution in [0, 0.1) is 5.92 Å². The highest BCUT2D eigenvalue weighted by molar-refractivity contribution is 7.17. The number of piperidine rings is 1. The molecular weight excluding hydrogens is 346 g/mol. The molecule has 3 aromatic heterocycles. The lowest BCUT2D eigenvalue weighted by molar-refractivity contribution is 0.0527. The van der Waals surface area contributed by atoms with E-state index in [-0.39, 0.29) is 5.56 Å². The zero-order chi connectivity index (χ0) is 17.5. The number of hydrogen-bond acceptors (Lipinski definition) is 5. The van der Waals surface area contributed by atoms with Gasteiger partial charge in [0.25, 0.3) is 5.56 Å². The Balaban J connectivity index is 1.46. The monoisotopic (exact) mass is 369 g/mol. The minimum Gasteiger partial charge on any atom is -0.464 e. The van der Waals surface area contributed by atoms with Gasteiger partial charge in [-0.05, 0) is 50.3 Å². The summed E-state index contributed by atoms with van der Waals surface area (Å²) in [5.74, 6) is 2.35. The Morgan fingerprint density at radius 3 is 3.04 bits per heavy atom. The number of aromatic nitrogens is 2. The normalized spacial score (nSPS) is 24.0. The largest absolute Gasteiger partial charge is 0.464 e. The molecule has 3 aromatic rings. The molecular formula is C20H23N3O2S. The van der Waals surface area contributed by atoms with Crippen molar-refractivity contribution in [3.05, 3.63) is 40.0 Å². The molecule has 0 aromatic carbocycles. The van der Waals surface area contributed by atoms with Crippen LogP contribution in [-0.4, -0.2) is 27.5 Å². The maximum atomic E-state index is 12.8. The summed E-state index contributed by atoms with van der Waals surface area (Å²) in [6.07, 6.45) is 9.61. The first-order valence-corrected chi connectivity index (χ1v) is 10.5. The van der Waals surface area contributed by atoms with Crippen LogP contribution in [0.15, 0.2) is 33.0 Å². The Kier molecular flexibility index (Phi) is 4.17. The van der Waals surface area contributed by atoms with Crippen molar-refractivity contribution < 1.29 is 4.42 Å². The smallest absolute Gasteiger partial charge is 0.260 e. The Morgan fingerprint density at radius 1 is 1.27 bits per heavy atom. The molecule has 0 radical (unpaired) electrons. The number of thiophene rings is 1. The summed E-state index contributed by atoms with van der Waals surface area (Å²) in [6.45, 7) is 1.87. The Morgan fingerprint density at radius 2 is 2.15 bits per heavy atom. The molecule has 5 nitrogen and oxygen atoms in total. The molecule has 1 saturated carbocycles. The van der Waals surface area contributed by atoms with Gasteiger partial charge in [0.15, 0.2) is 0 Å². The molecule has 4 heterocycles. The van der Waals surface area contributed by atoms with Crippen LogP contribution < -0.4 is 5.56 Å². The summed E-state index contributed by atoms with van der Waals surface area (Å²) in [4.78, 5) is 23.9. The van der Waals surface area contributed by atoms with E-state index in [4.69, 9.17) is 9.40 Å². The summed E-state index contributed by atoms with van der Waals surface area (Å²) in [5, 5.41) is 2.61. The molecule has 2 unspecified atom stereocenters. The van der Waals surface area contributed by atoms with Crippen molar-refractivity contribution in [2.45, 2.75) is 51.1 Å². The first-order chi connectivity index (χ1) is 12.8. The molecule has 1 aliphatic carbocycles. The van der Waals surface area contributed by atoms with E-state index in [0.29, 0.717) is 11.4 Å². The average Bonchev–Trinajstić information content (AvgIpc) is 3.31. The van der Waals surface area contributed by atoms with Crippen molar-refractivity contribution in [2.24, 2.45) is 5.92 Å². The highest BCUT2D eigenvalue weighted by atomic mass is 32.1. The number of H-pyrrole nitrogens is 1. The summed E-state index contributed by atoms with van der Waals surface area (Å²) in [5.41, 5.74) is 0.774. The van der Waals surface area contributed by atoms with E-state index >= 15 is 0 Å². The van der Waals surface area contributed by atoms with E-state index < -0.39 is 0 Å². The summed E-state index contributed by atoms with van der Waals surface area (Å²) in [6, 6.07) is 4.39. The van der Waals surface area contributed by atoms with Gasteiger partial charge in [-0.15, -0.1) is 11.3 Å². The van der Waals surface area contributed by atoms with E-state index in [2.05, 4.69) is 9.88 Å². The fraction of sp³-hybridized carbons (Fsp3) is 0.500. The number of nitrogens with zero attached hydrogens (tertiary/aromatic N) is 2. The van der Waals surface area contributed by atoms with Crippen LogP contribution in [0.1, 0.15) is 44.3 Å². The molecule has 1 aliphatic heterocycles. The number of aromatic amines is 1. The third-order valence-corrected chi connectivity index (χ3v) is 6.86. The first-order valence-electron chi connectivity index (χ1n) is 9.58. The summed E-state index contributed by atoms with van der Waals surface area (Å²) < 4.78 is 5.47. The molecule has 2 atom stereocenters. The molecule has 136 valence electrons. The van der Waals surface area contributed by atoms with Gasteiger partial charge in [0.1, 0.15) is 16.4 Å². The fourth-order valence-electron chi connectivity index (χ4n) is 4.80. The number of likely N-dealkylation sites (tertiary alicyclic amines) is 1. The number of fused-ring (bicyclic) bond motifs is 2. The predicted octanol–water partition coefficient (Wildman–Crippen LogP) is 4.40. The summed E-state index contributed by atoms with van der Waals surface area (Å²) >= 11 is 1.52. The van der Waals surface area contributed by atoms with Crippen LogP contribution in [0.3, 0.4) is 0 Å². The second kappa shape index (κ2) is 6.67. The molecule has 0 spiro atoms. The van der Waals surface area contributed by atoms with Gasteiger partial charge < -0.3 is 9.40 Å². The number of hydrogen-bond donors (Lipinski definition) is 1. The second-order valence-electron chi connectivity index (χ2n) is 7.54. The van der Waals surface area contributed by atoms with Crippen molar-refractivity contribution in [3.63, 3.8) is 0 Å². The molecule has 2 fully saturated rings. The van der Waals surface area contributed by atoms with Crippen LogP contribution >= 0.6 is 11.3 Å². The maximum absolute atomic E-state index is 12.8. The zero-order valence-electron chi connectivity index (χ0n) is 14.7. The van der Waals surface area contributed by atoms with Crippen molar-refractivity contribution in [3.8, 4) is 11.3 Å². The topological polar surface area (TPSA) is 62.1 Å². The fourth-order valence-corrected chi connectivity index (χ4v) is 5.75. The van der Waals surface area contributed by atoms with Gasteiger partial charge in [-0.3, -0.25) is 9.69 Å². The first kappa shape index (κ1) is 16.3. The molecule has 1 saturated heterocycles. The lowest BCUT2D eigenvalue weighted by Crippen LogP contribution is -2.46. The molecule has 0 amide bonds. The number of nitrogens with one attached hydrogen (secondary N) is 1. The van der Waals surface area contributed by atoms with E-state index in [1.54, 1.807) is 6.26 Å². The molecule has 1 N–H and O–H groups in total. The van der Waals surface area contributed by atoms with Crippen LogP contribution in [0.5, 0.6) is 0 Å². The van der Waals surface area contributed by atoms with Crippen LogP contribution in [0.4, 0.5) is 0 Å². The van der Waals surface area contributed by atoms with E-state index in [9.17, 15) is 4.79 Å². The molecule has 6 heteroatoms. The zero-order valence-corrected chi connectivity index (χ0v) is 15.6. The Bertz CT molecular complexity index is 957. The third-order valence-electron chi connectivity index (χ3n) is 5.99. The molecule has 2 aliphatic rings.